The maximum absolute atomic E-state index is 4.23. The molecule has 26 heavy (non-hydrogen) atoms. The van der Waals surface area contributed by atoms with Crippen molar-refractivity contribution in [1.82, 2.24) is 20.5 Å². The summed E-state index contributed by atoms with van der Waals surface area (Å²) in [5.74, 6) is 0.681. The van der Waals surface area contributed by atoms with E-state index in [0.29, 0.717) is 5.92 Å². The van der Waals surface area contributed by atoms with Gasteiger partial charge < -0.3 is 10.3 Å². The molecule has 0 radical (unpaired) electrons. The third-order valence-corrected chi connectivity index (χ3v) is 5.85. The molecule has 1 fully saturated rings. The number of aryl methyl sites for hydroxylation is 1. The normalized spacial score (nSPS) is 15.9. The summed E-state index contributed by atoms with van der Waals surface area (Å²) in [6.45, 7) is 4.51. The number of aromatic amines is 2. The lowest BCUT2D eigenvalue weighted by molar-refractivity contribution is 0.460. The van der Waals surface area contributed by atoms with Gasteiger partial charge in [0.15, 0.2) is 0 Å². The van der Waals surface area contributed by atoms with Gasteiger partial charge in [0, 0.05) is 21.9 Å². The molecule has 2 aromatic heterocycles. The summed E-state index contributed by atoms with van der Waals surface area (Å²) < 4.78 is 0. The number of aromatic nitrogens is 3. The lowest BCUT2D eigenvalue weighted by Crippen LogP contribution is -2.26. The van der Waals surface area contributed by atoms with Gasteiger partial charge in [-0.05, 0) is 67.6 Å². The number of hydrogen-bond acceptors (Lipinski definition) is 2. The minimum Gasteiger partial charge on any atom is -0.354 e. The average Bonchev–Trinajstić information content (AvgIpc) is 3.32. The molecule has 0 unspecified atom stereocenters. The first-order valence-electron chi connectivity index (χ1n) is 9.63. The van der Waals surface area contributed by atoms with E-state index in [2.05, 4.69) is 63.8 Å². The first-order chi connectivity index (χ1) is 12.8. The predicted octanol–water partition coefficient (Wildman–Crippen LogP) is 4.74. The molecule has 1 saturated heterocycles. The minimum atomic E-state index is 0.681. The van der Waals surface area contributed by atoms with Crippen molar-refractivity contribution >= 4 is 21.8 Å². The molecule has 132 valence electrons. The highest BCUT2D eigenvalue weighted by atomic mass is 15.1. The highest BCUT2D eigenvalue weighted by Gasteiger charge is 2.19. The molecule has 4 aromatic rings. The number of rotatable bonds is 3. The summed E-state index contributed by atoms with van der Waals surface area (Å²) in [4.78, 5) is 3.69. The quantitative estimate of drug-likeness (QED) is 0.503. The number of fused-ring (bicyclic) bond motifs is 2. The molecule has 0 aliphatic carbocycles. The zero-order valence-corrected chi connectivity index (χ0v) is 15.1. The second-order valence-corrected chi connectivity index (χ2v) is 7.30. The predicted molar refractivity (Wildman–Crippen MR) is 108 cm³/mol. The molecule has 0 bridgehead atoms. The van der Waals surface area contributed by atoms with Gasteiger partial charge in [-0.15, -0.1) is 0 Å². The Morgan fingerprint density at radius 3 is 2.77 bits per heavy atom. The van der Waals surface area contributed by atoms with Crippen LogP contribution in [-0.4, -0.2) is 28.3 Å². The number of hydrogen-bond donors (Lipinski definition) is 3. The van der Waals surface area contributed by atoms with Crippen molar-refractivity contribution in [3.8, 4) is 11.3 Å². The number of nitrogens with zero attached hydrogens (tertiary/aromatic N) is 1. The Hall–Kier alpha value is -2.59. The third kappa shape index (κ3) is 2.44. The number of benzene rings is 2. The average molecular weight is 344 g/mol. The summed E-state index contributed by atoms with van der Waals surface area (Å²) in [6.07, 6.45) is 5.41. The maximum Gasteiger partial charge on any atom is 0.0657 e. The fraction of sp³-hybridized carbons (Fsp3) is 0.318. The van der Waals surface area contributed by atoms with Gasteiger partial charge >= 0.3 is 0 Å². The molecule has 0 spiro atoms. The van der Waals surface area contributed by atoms with Gasteiger partial charge in [-0.2, -0.15) is 5.10 Å². The van der Waals surface area contributed by atoms with Crippen LogP contribution in [0.2, 0.25) is 0 Å². The Bertz CT molecular complexity index is 1070. The Balaban J connectivity index is 1.68. The second-order valence-electron chi connectivity index (χ2n) is 7.30. The van der Waals surface area contributed by atoms with Crippen molar-refractivity contribution in [2.24, 2.45) is 0 Å². The summed E-state index contributed by atoms with van der Waals surface area (Å²) in [6, 6.07) is 13.4. The highest BCUT2D eigenvalue weighted by Crippen LogP contribution is 2.36. The van der Waals surface area contributed by atoms with Crippen LogP contribution in [0.5, 0.6) is 0 Å². The Morgan fingerprint density at radius 2 is 1.92 bits per heavy atom. The van der Waals surface area contributed by atoms with E-state index in [1.165, 1.54) is 51.5 Å². The zero-order valence-electron chi connectivity index (χ0n) is 15.1. The van der Waals surface area contributed by atoms with Crippen LogP contribution in [0.4, 0.5) is 0 Å². The molecular formula is C22H24N4. The van der Waals surface area contributed by atoms with Crippen LogP contribution < -0.4 is 5.32 Å². The molecule has 0 atom stereocenters. The Kier molecular flexibility index (Phi) is 3.79. The van der Waals surface area contributed by atoms with Crippen LogP contribution in [0, 0.1) is 0 Å². The summed E-state index contributed by atoms with van der Waals surface area (Å²) >= 11 is 0. The van der Waals surface area contributed by atoms with Gasteiger partial charge in [0.25, 0.3) is 0 Å². The lowest BCUT2D eigenvalue weighted by atomic mass is 9.89. The van der Waals surface area contributed by atoms with Crippen LogP contribution in [0.15, 0.2) is 42.6 Å². The summed E-state index contributed by atoms with van der Waals surface area (Å²) in [5, 5.41) is 13.3. The molecule has 2 aromatic carbocycles. The Labute approximate surface area is 153 Å². The molecule has 3 heterocycles. The molecule has 0 saturated carbocycles. The van der Waals surface area contributed by atoms with Gasteiger partial charge in [0.05, 0.1) is 17.4 Å². The van der Waals surface area contributed by atoms with Crippen LogP contribution >= 0.6 is 0 Å². The molecule has 1 aliphatic heterocycles. The van der Waals surface area contributed by atoms with Gasteiger partial charge in [-0.3, -0.25) is 5.10 Å². The van der Waals surface area contributed by atoms with Crippen molar-refractivity contribution in [3.05, 3.63) is 53.7 Å². The number of H-pyrrole nitrogens is 2. The molecule has 3 N–H and O–H groups in total. The van der Waals surface area contributed by atoms with Crippen molar-refractivity contribution < 1.29 is 0 Å². The van der Waals surface area contributed by atoms with Gasteiger partial charge in [0.2, 0.25) is 0 Å². The third-order valence-electron chi connectivity index (χ3n) is 5.85. The first-order valence-corrected chi connectivity index (χ1v) is 9.63. The zero-order chi connectivity index (χ0) is 17.5. The van der Waals surface area contributed by atoms with Crippen molar-refractivity contribution in [3.63, 3.8) is 0 Å². The van der Waals surface area contributed by atoms with Crippen molar-refractivity contribution in [1.29, 1.82) is 0 Å². The fourth-order valence-corrected chi connectivity index (χ4v) is 4.46. The largest absolute Gasteiger partial charge is 0.354 e. The topological polar surface area (TPSA) is 56.5 Å². The molecule has 5 rings (SSSR count). The first kappa shape index (κ1) is 15.6. The van der Waals surface area contributed by atoms with E-state index in [9.17, 15) is 0 Å². The van der Waals surface area contributed by atoms with Gasteiger partial charge in [0.1, 0.15) is 0 Å². The van der Waals surface area contributed by atoms with E-state index >= 15 is 0 Å². The molecular weight excluding hydrogens is 320 g/mol. The van der Waals surface area contributed by atoms with Crippen molar-refractivity contribution in [2.75, 3.05) is 13.1 Å². The second kappa shape index (κ2) is 6.29. The summed E-state index contributed by atoms with van der Waals surface area (Å²) in [5.41, 5.74) is 7.67. The number of nitrogens with one attached hydrogen (secondary N) is 3. The fourth-order valence-electron chi connectivity index (χ4n) is 4.46. The van der Waals surface area contributed by atoms with Crippen LogP contribution in [0.1, 0.15) is 36.8 Å². The molecule has 0 amide bonds. The van der Waals surface area contributed by atoms with E-state index in [1.54, 1.807) is 0 Å². The Morgan fingerprint density at radius 1 is 1.04 bits per heavy atom. The van der Waals surface area contributed by atoms with E-state index in [1.807, 2.05) is 6.20 Å². The lowest BCUT2D eigenvalue weighted by Gasteiger charge is -2.23. The van der Waals surface area contributed by atoms with E-state index in [4.69, 9.17) is 0 Å². The van der Waals surface area contributed by atoms with Crippen LogP contribution in [0.3, 0.4) is 0 Å². The van der Waals surface area contributed by atoms with Gasteiger partial charge in [-0.1, -0.05) is 25.1 Å². The monoisotopic (exact) mass is 344 g/mol. The SMILES string of the molecule is CCc1c(-c2cccc3[nH]ncc23)[nH]c2ccc(C3CCNCC3)cc12. The molecule has 4 nitrogen and oxygen atoms in total. The highest BCUT2D eigenvalue weighted by molar-refractivity contribution is 5.99. The van der Waals surface area contributed by atoms with E-state index in [-0.39, 0.29) is 0 Å². The van der Waals surface area contributed by atoms with Crippen LogP contribution in [-0.2, 0) is 6.42 Å². The van der Waals surface area contributed by atoms with Crippen LogP contribution in [0.25, 0.3) is 33.1 Å². The van der Waals surface area contributed by atoms with E-state index in [0.717, 1.165) is 25.0 Å². The van der Waals surface area contributed by atoms with Crippen molar-refractivity contribution in [2.45, 2.75) is 32.1 Å². The minimum absolute atomic E-state index is 0.681. The standard InChI is InChI=1S/C22H24N4/c1-2-16-18-12-15(14-8-10-23-11-9-14)6-7-20(18)25-22(16)17-4-3-5-21-19(17)13-24-26-21/h3-7,12-14,23,25H,2,8-11H2,1H3,(H,24,26). The number of piperidine rings is 1. The summed E-state index contributed by atoms with van der Waals surface area (Å²) in [7, 11) is 0. The van der Waals surface area contributed by atoms with Gasteiger partial charge in [-0.25, -0.2) is 0 Å². The molecule has 4 heteroatoms. The maximum atomic E-state index is 4.23. The molecule has 1 aliphatic rings. The smallest absolute Gasteiger partial charge is 0.0657 e. The van der Waals surface area contributed by atoms with E-state index < -0.39 is 0 Å².